The van der Waals surface area contributed by atoms with Gasteiger partial charge in [-0.3, -0.25) is 4.79 Å². The second kappa shape index (κ2) is 7.52. The van der Waals surface area contributed by atoms with Crippen LogP contribution in [0.3, 0.4) is 0 Å². The first-order valence-electron chi connectivity index (χ1n) is 9.22. The number of hydrogen-bond acceptors (Lipinski definition) is 5. The predicted octanol–water partition coefficient (Wildman–Crippen LogP) is 3.48. The van der Waals surface area contributed by atoms with Gasteiger partial charge in [0.1, 0.15) is 5.69 Å². The number of rotatable bonds is 4. The highest BCUT2D eigenvalue weighted by molar-refractivity contribution is 7.13. The zero-order valence-corrected chi connectivity index (χ0v) is 15.2. The molecule has 5 nitrogen and oxygen atoms in total. The second-order valence-corrected chi connectivity index (χ2v) is 7.95. The zero-order valence-electron chi connectivity index (χ0n) is 14.4. The van der Waals surface area contributed by atoms with Crippen LogP contribution in [0.25, 0.3) is 10.6 Å². The Balaban J connectivity index is 1.31. The molecule has 1 saturated heterocycles. The molecule has 2 aromatic heterocycles. The average molecular weight is 356 g/mol. The largest absolute Gasteiger partial charge is 0.355 e. The maximum absolute atomic E-state index is 12.4. The zero-order chi connectivity index (χ0) is 17.1. The molecule has 2 aromatic rings. The topological polar surface area (TPSA) is 58.1 Å². The highest BCUT2D eigenvalue weighted by Crippen LogP contribution is 2.26. The van der Waals surface area contributed by atoms with E-state index in [4.69, 9.17) is 0 Å². The smallest absolute Gasteiger partial charge is 0.223 e. The van der Waals surface area contributed by atoms with Gasteiger partial charge in [0.25, 0.3) is 0 Å². The van der Waals surface area contributed by atoms with Crippen LogP contribution < -0.4 is 10.2 Å². The van der Waals surface area contributed by atoms with Crippen molar-refractivity contribution in [2.24, 2.45) is 5.92 Å². The van der Waals surface area contributed by atoms with Gasteiger partial charge in [-0.1, -0.05) is 18.9 Å². The molecule has 1 saturated carbocycles. The summed E-state index contributed by atoms with van der Waals surface area (Å²) >= 11 is 1.67. The lowest BCUT2D eigenvalue weighted by molar-refractivity contribution is -0.126. The Morgan fingerprint density at radius 3 is 2.52 bits per heavy atom. The SMILES string of the molecule is O=C(NC1CCCC1)C1CCN(c2ccc(-c3cccs3)nn2)CC1. The molecule has 1 amide bonds. The number of carbonyl (C=O) groups is 1. The first-order valence-corrected chi connectivity index (χ1v) is 10.1. The summed E-state index contributed by atoms with van der Waals surface area (Å²) in [6.07, 6.45) is 6.60. The molecule has 3 heterocycles. The lowest BCUT2D eigenvalue weighted by Crippen LogP contribution is -2.43. The minimum absolute atomic E-state index is 0.148. The van der Waals surface area contributed by atoms with E-state index >= 15 is 0 Å². The third kappa shape index (κ3) is 3.84. The molecule has 132 valence electrons. The van der Waals surface area contributed by atoms with E-state index in [1.165, 1.54) is 12.8 Å². The van der Waals surface area contributed by atoms with Gasteiger partial charge >= 0.3 is 0 Å². The van der Waals surface area contributed by atoms with Gasteiger partial charge in [0.2, 0.25) is 5.91 Å². The normalized spacial score (nSPS) is 19.3. The van der Waals surface area contributed by atoms with E-state index in [1.807, 2.05) is 23.6 Å². The summed E-state index contributed by atoms with van der Waals surface area (Å²) < 4.78 is 0. The number of amides is 1. The van der Waals surface area contributed by atoms with Crippen LogP contribution in [-0.4, -0.2) is 35.2 Å². The van der Waals surface area contributed by atoms with Crippen molar-refractivity contribution in [2.45, 2.75) is 44.6 Å². The quantitative estimate of drug-likeness (QED) is 0.911. The Morgan fingerprint density at radius 1 is 1.08 bits per heavy atom. The number of piperidine rings is 1. The Hall–Kier alpha value is -1.95. The van der Waals surface area contributed by atoms with Gasteiger partial charge in [-0.15, -0.1) is 21.5 Å². The van der Waals surface area contributed by atoms with E-state index in [-0.39, 0.29) is 11.8 Å². The molecule has 1 aliphatic carbocycles. The van der Waals surface area contributed by atoms with Gasteiger partial charge in [0.15, 0.2) is 5.82 Å². The van der Waals surface area contributed by atoms with Crippen molar-refractivity contribution in [2.75, 3.05) is 18.0 Å². The van der Waals surface area contributed by atoms with E-state index < -0.39 is 0 Å². The Kier molecular flexibility index (Phi) is 4.97. The first-order chi connectivity index (χ1) is 12.3. The first kappa shape index (κ1) is 16.5. The summed E-state index contributed by atoms with van der Waals surface area (Å²) in [4.78, 5) is 15.8. The van der Waals surface area contributed by atoms with Gasteiger partial charge < -0.3 is 10.2 Å². The summed E-state index contributed by atoms with van der Waals surface area (Å²) in [5.41, 5.74) is 0.921. The number of aromatic nitrogens is 2. The van der Waals surface area contributed by atoms with Crippen molar-refractivity contribution in [3.8, 4) is 10.6 Å². The molecule has 25 heavy (non-hydrogen) atoms. The number of thiophene rings is 1. The van der Waals surface area contributed by atoms with Crippen molar-refractivity contribution in [1.82, 2.24) is 15.5 Å². The number of hydrogen-bond donors (Lipinski definition) is 1. The maximum atomic E-state index is 12.4. The van der Waals surface area contributed by atoms with E-state index in [1.54, 1.807) is 11.3 Å². The van der Waals surface area contributed by atoms with Crippen LogP contribution in [0.15, 0.2) is 29.6 Å². The van der Waals surface area contributed by atoms with Crippen LogP contribution in [0.4, 0.5) is 5.82 Å². The number of anilines is 1. The van der Waals surface area contributed by atoms with E-state index in [9.17, 15) is 4.79 Å². The number of nitrogens with zero attached hydrogens (tertiary/aromatic N) is 3. The van der Waals surface area contributed by atoms with Crippen LogP contribution in [0.2, 0.25) is 0 Å². The number of carbonyl (C=O) groups excluding carboxylic acids is 1. The molecular formula is C19H24N4OS. The van der Waals surface area contributed by atoms with Crippen molar-refractivity contribution < 1.29 is 4.79 Å². The van der Waals surface area contributed by atoms with Gasteiger partial charge in [0, 0.05) is 25.0 Å². The van der Waals surface area contributed by atoms with Crippen molar-refractivity contribution in [1.29, 1.82) is 0 Å². The Bertz CT molecular complexity index is 687. The molecule has 0 atom stereocenters. The van der Waals surface area contributed by atoms with Crippen LogP contribution in [0, 0.1) is 5.92 Å². The maximum Gasteiger partial charge on any atom is 0.223 e. The molecule has 0 bridgehead atoms. The van der Waals surface area contributed by atoms with Crippen LogP contribution in [0.1, 0.15) is 38.5 Å². The molecule has 0 radical (unpaired) electrons. The van der Waals surface area contributed by atoms with Crippen molar-refractivity contribution in [3.63, 3.8) is 0 Å². The van der Waals surface area contributed by atoms with E-state index in [2.05, 4.69) is 26.5 Å². The third-order valence-electron chi connectivity index (χ3n) is 5.32. The monoisotopic (exact) mass is 356 g/mol. The molecular weight excluding hydrogens is 332 g/mol. The van der Waals surface area contributed by atoms with Gasteiger partial charge in [-0.2, -0.15) is 0 Å². The summed E-state index contributed by atoms with van der Waals surface area (Å²) in [5, 5.41) is 14.0. The Labute approximate surface area is 152 Å². The minimum atomic E-state index is 0.148. The molecule has 1 aliphatic heterocycles. The number of nitrogens with one attached hydrogen (secondary N) is 1. The van der Waals surface area contributed by atoms with Crippen molar-refractivity contribution in [3.05, 3.63) is 29.6 Å². The molecule has 6 heteroatoms. The Morgan fingerprint density at radius 2 is 1.88 bits per heavy atom. The van der Waals surface area contributed by atoms with Crippen LogP contribution >= 0.6 is 11.3 Å². The minimum Gasteiger partial charge on any atom is -0.355 e. The van der Waals surface area contributed by atoms with Gasteiger partial charge in [-0.05, 0) is 49.3 Å². The average Bonchev–Trinajstić information content (AvgIpc) is 3.36. The highest BCUT2D eigenvalue weighted by atomic mass is 32.1. The van der Waals surface area contributed by atoms with Crippen molar-refractivity contribution >= 4 is 23.1 Å². The molecule has 0 unspecified atom stereocenters. The van der Waals surface area contributed by atoms with Gasteiger partial charge in [0.05, 0.1) is 4.88 Å². The van der Waals surface area contributed by atoms with E-state index in [0.29, 0.717) is 6.04 Å². The highest BCUT2D eigenvalue weighted by Gasteiger charge is 2.28. The summed E-state index contributed by atoms with van der Waals surface area (Å²) in [5.74, 6) is 1.32. The summed E-state index contributed by atoms with van der Waals surface area (Å²) in [6, 6.07) is 8.58. The standard InChI is InChI=1S/C19H24N4OS/c24-19(20-15-4-1-2-5-15)14-9-11-23(12-10-14)18-8-7-16(21-22-18)17-6-3-13-25-17/h3,6-8,13-15H,1-2,4-5,9-12H2,(H,20,24). The molecule has 2 aliphatic rings. The fraction of sp³-hybridized carbons (Fsp3) is 0.526. The molecule has 0 spiro atoms. The molecule has 0 aromatic carbocycles. The van der Waals surface area contributed by atoms with Crippen LogP contribution in [-0.2, 0) is 4.79 Å². The lowest BCUT2D eigenvalue weighted by Gasteiger charge is -2.32. The van der Waals surface area contributed by atoms with E-state index in [0.717, 1.165) is 55.2 Å². The fourth-order valence-electron chi connectivity index (χ4n) is 3.81. The van der Waals surface area contributed by atoms with Gasteiger partial charge in [-0.25, -0.2) is 0 Å². The van der Waals surface area contributed by atoms with Crippen LogP contribution in [0.5, 0.6) is 0 Å². The third-order valence-corrected chi connectivity index (χ3v) is 6.21. The molecule has 1 N–H and O–H groups in total. The lowest BCUT2D eigenvalue weighted by atomic mass is 9.95. The predicted molar refractivity (Wildman–Crippen MR) is 101 cm³/mol. The summed E-state index contributed by atoms with van der Waals surface area (Å²) in [6.45, 7) is 1.74. The molecule has 4 rings (SSSR count). The molecule has 2 fully saturated rings. The fourth-order valence-corrected chi connectivity index (χ4v) is 4.50. The summed E-state index contributed by atoms with van der Waals surface area (Å²) in [7, 11) is 0. The second-order valence-electron chi connectivity index (χ2n) is 7.01.